The van der Waals surface area contributed by atoms with E-state index in [1.165, 1.54) is 0 Å². The average molecular weight is 814 g/mol. The van der Waals surface area contributed by atoms with Crippen LogP contribution >= 0.6 is 0 Å². The van der Waals surface area contributed by atoms with Gasteiger partial charge in [0.1, 0.15) is 0 Å². The SMILES string of the molecule is O=C(O)C(F)(F)C(F)(F)C(F)(F)C(F)(F)C(F)(F)C(F)(F)C(F)(F)F.O=S(=O)(O)C(F)(F)C(F)(F)C(F)(F)C(F)(F)C(F)(F)C(F)(F)F. The fourth-order valence-corrected chi connectivity index (χ4v) is 2.47. The summed E-state index contributed by atoms with van der Waals surface area (Å²) < 4.78 is 374. The van der Waals surface area contributed by atoms with Crippen LogP contribution in [0.15, 0.2) is 0 Å². The van der Waals surface area contributed by atoms with Gasteiger partial charge in [0, 0.05) is 0 Å². The molecule has 0 spiro atoms. The number of hydrogen-bond acceptors (Lipinski definition) is 3. The second kappa shape index (κ2) is 11.8. The number of carbonyl (C=O) groups is 1. The van der Waals surface area contributed by atoms with Crippen LogP contribution in [0.1, 0.15) is 0 Å². The summed E-state index contributed by atoms with van der Waals surface area (Å²) >= 11 is 0. The van der Waals surface area contributed by atoms with Crippen LogP contribution in [0, 0.1) is 0 Å². The predicted molar refractivity (Wildman–Crippen MR) is 85.7 cm³/mol. The summed E-state index contributed by atoms with van der Waals surface area (Å²) in [5.74, 6) is -85.3. The Hall–Kier alpha value is -2.58. The maximum Gasteiger partial charge on any atom is 0.460 e. The van der Waals surface area contributed by atoms with Gasteiger partial charge in [0.15, 0.2) is 0 Å². The van der Waals surface area contributed by atoms with Crippen molar-refractivity contribution < 1.29 is 146 Å². The van der Waals surface area contributed by atoms with Gasteiger partial charge >= 0.3 is 92.9 Å². The van der Waals surface area contributed by atoms with E-state index in [2.05, 4.69) is 0 Å². The quantitative estimate of drug-likeness (QED) is 0.163. The van der Waals surface area contributed by atoms with Gasteiger partial charge in [-0.05, 0) is 0 Å². The molecule has 34 heteroatoms. The highest BCUT2D eigenvalue weighted by atomic mass is 32.2. The van der Waals surface area contributed by atoms with Crippen LogP contribution in [0.25, 0.3) is 0 Å². The number of halogens is 28. The smallest absolute Gasteiger partial charge is 0.460 e. The van der Waals surface area contributed by atoms with Crippen molar-refractivity contribution >= 4 is 16.1 Å². The van der Waals surface area contributed by atoms with Gasteiger partial charge < -0.3 is 5.11 Å². The van der Waals surface area contributed by atoms with Gasteiger partial charge in [0.2, 0.25) is 0 Å². The topological polar surface area (TPSA) is 91.7 Å². The predicted octanol–water partition coefficient (Wildman–Crippen LogP) is 8.02. The normalized spacial score (nSPS) is 16.4. The molecule has 0 rings (SSSR count). The van der Waals surface area contributed by atoms with E-state index in [1.807, 2.05) is 0 Å². The Labute approximate surface area is 240 Å². The summed E-state index contributed by atoms with van der Waals surface area (Å²) in [7, 11) is -7.61. The largest absolute Gasteiger partial charge is 0.477 e. The molecule has 0 aromatic carbocycles. The number of alkyl halides is 28. The highest BCUT2D eigenvalue weighted by Crippen LogP contribution is 2.63. The second-order valence-electron chi connectivity index (χ2n) is 8.04. The van der Waals surface area contributed by atoms with Crippen LogP contribution in [0.5, 0.6) is 0 Å². The third kappa shape index (κ3) is 6.29. The fraction of sp³-hybridized carbons (Fsp3) is 0.929. The van der Waals surface area contributed by atoms with Gasteiger partial charge in [-0.1, -0.05) is 0 Å². The lowest BCUT2D eigenvalue weighted by molar-refractivity contribution is -0.450. The first-order chi connectivity index (χ1) is 19.9. The molecular formula is C14H2F28O5S. The average Bonchev–Trinajstić information content (AvgIpc) is 2.80. The van der Waals surface area contributed by atoms with Gasteiger partial charge in [-0.3, -0.25) is 4.55 Å². The number of carboxylic acids is 1. The highest BCUT2D eigenvalue weighted by molar-refractivity contribution is 7.87. The molecule has 0 aliphatic carbocycles. The number of carboxylic acid groups (broad SMARTS) is 1. The lowest BCUT2D eigenvalue weighted by Gasteiger charge is -2.40. The maximum atomic E-state index is 12.8. The van der Waals surface area contributed by atoms with E-state index in [9.17, 15) is 136 Å². The minimum Gasteiger partial charge on any atom is -0.477 e. The first kappa shape index (κ1) is 47.5. The van der Waals surface area contributed by atoms with Crippen LogP contribution in [0.3, 0.4) is 0 Å². The van der Waals surface area contributed by atoms with Gasteiger partial charge in [-0.2, -0.15) is 131 Å². The first-order valence-corrected chi connectivity index (χ1v) is 10.9. The van der Waals surface area contributed by atoms with Gasteiger partial charge in [-0.25, -0.2) is 4.79 Å². The summed E-state index contributed by atoms with van der Waals surface area (Å²) in [6.07, 6.45) is -15.3. The molecule has 0 fully saturated rings. The van der Waals surface area contributed by atoms with Crippen molar-refractivity contribution in [1.82, 2.24) is 0 Å². The molecule has 290 valence electrons. The molecule has 0 aromatic rings. The number of aliphatic carboxylic acids is 1. The Bertz CT molecular complexity index is 1290. The third-order valence-electron chi connectivity index (χ3n) is 4.82. The summed E-state index contributed by atoms with van der Waals surface area (Å²) in [6, 6.07) is 0. The molecule has 0 bridgehead atoms. The van der Waals surface area contributed by atoms with Gasteiger partial charge in [0.25, 0.3) is 0 Å². The lowest BCUT2D eigenvalue weighted by atomic mass is 9.91. The second-order valence-corrected chi connectivity index (χ2v) is 9.50. The standard InChI is InChI=1S/C8HF15O2.C6HF13O3S/c9-2(10,1(24)25)3(11,12)4(13,14)5(15,16)6(17,18)7(19,20)8(21,22)23;7-1(8,3(11,12)5(15,16)17)2(9,10)4(13,14)6(18,19)23(20,21)22/h(H,24,25);(H,20,21,22). The lowest BCUT2D eigenvalue weighted by Crippen LogP contribution is -2.73. The Balaban J connectivity index is 0. The molecule has 0 saturated heterocycles. The molecule has 0 heterocycles. The van der Waals surface area contributed by atoms with Crippen LogP contribution < -0.4 is 0 Å². The molecule has 0 radical (unpaired) electrons. The Morgan fingerprint density at radius 2 is 0.542 bits per heavy atom. The zero-order valence-electron chi connectivity index (χ0n) is 20.1. The third-order valence-corrected chi connectivity index (χ3v) is 5.73. The van der Waals surface area contributed by atoms with E-state index in [-0.39, 0.29) is 0 Å². The van der Waals surface area contributed by atoms with E-state index in [1.54, 1.807) is 0 Å². The summed E-state index contributed by atoms with van der Waals surface area (Å²) in [5.41, 5.74) is 0. The summed E-state index contributed by atoms with van der Waals surface area (Å²) in [6.45, 7) is 0. The van der Waals surface area contributed by atoms with Gasteiger partial charge in [0.05, 0.1) is 0 Å². The minimum atomic E-state index is -8.47. The highest BCUT2D eigenvalue weighted by Gasteiger charge is 2.95. The van der Waals surface area contributed by atoms with Crippen molar-refractivity contribution in [2.75, 3.05) is 0 Å². The van der Waals surface area contributed by atoms with Crippen LogP contribution in [-0.4, -0.2) is 101 Å². The molecule has 48 heavy (non-hydrogen) atoms. The van der Waals surface area contributed by atoms with E-state index < -0.39 is 92.9 Å². The summed E-state index contributed by atoms with van der Waals surface area (Å²) in [5, 5.41) is 0.0548. The van der Waals surface area contributed by atoms with E-state index in [0.29, 0.717) is 0 Å². The molecule has 5 nitrogen and oxygen atoms in total. The monoisotopic (exact) mass is 814 g/mol. The molecule has 0 aliphatic heterocycles. The number of hydrogen-bond donors (Lipinski definition) is 2. The number of rotatable bonds is 11. The Kier molecular flexibility index (Phi) is 11.6. The first-order valence-electron chi connectivity index (χ1n) is 9.44. The Morgan fingerprint density at radius 1 is 0.354 bits per heavy atom. The molecule has 0 aliphatic rings. The van der Waals surface area contributed by atoms with Crippen molar-refractivity contribution in [3.05, 3.63) is 0 Å². The molecule has 2 N–H and O–H groups in total. The molecular weight excluding hydrogens is 812 g/mol. The van der Waals surface area contributed by atoms with Crippen molar-refractivity contribution in [2.45, 2.75) is 76.8 Å². The van der Waals surface area contributed by atoms with Crippen molar-refractivity contribution in [3.8, 4) is 0 Å². The molecule has 0 atom stereocenters. The van der Waals surface area contributed by atoms with E-state index in [0.717, 1.165) is 0 Å². The fourth-order valence-electron chi connectivity index (χ4n) is 2.02. The molecule has 0 aromatic heterocycles. The zero-order valence-corrected chi connectivity index (χ0v) is 20.9. The zero-order chi connectivity index (χ0) is 40.6. The molecule has 0 saturated carbocycles. The van der Waals surface area contributed by atoms with Crippen LogP contribution in [-0.2, 0) is 14.9 Å². The molecule has 0 amide bonds. The molecule has 0 unspecified atom stereocenters. The summed E-state index contributed by atoms with van der Waals surface area (Å²) in [4.78, 5) is 9.72. The van der Waals surface area contributed by atoms with Crippen molar-refractivity contribution in [3.63, 3.8) is 0 Å². The van der Waals surface area contributed by atoms with Crippen molar-refractivity contribution in [1.29, 1.82) is 0 Å². The van der Waals surface area contributed by atoms with E-state index in [4.69, 9.17) is 9.66 Å². The van der Waals surface area contributed by atoms with Crippen LogP contribution in [0.2, 0.25) is 0 Å². The Morgan fingerprint density at radius 3 is 0.729 bits per heavy atom. The van der Waals surface area contributed by atoms with Gasteiger partial charge in [-0.15, -0.1) is 0 Å². The van der Waals surface area contributed by atoms with Crippen molar-refractivity contribution in [2.24, 2.45) is 0 Å². The maximum absolute atomic E-state index is 12.8. The van der Waals surface area contributed by atoms with Crippen LogP contribution in [0.4, 0.5) is 123 Å². The van der Waals surface area contributed by atoms with E-state index >= 15 is 0 Å². The minimum absolute atomic E-state index is 4.28.